The summed E-state index contributed by atoms with van der Waals surface area (Å²) in [4.78, 5) is 10.9. The van der Waals surface area contributed by atoms with Gasteiger partial charge in [-0.05, 0) is 12.0 Å². The molecular formula is C14H15F2N3O4S. The first kappa shape index (κ1) is 18.0. The number of carboxylic acid groups (broad SMARTS) is 1. The van der Waals surface area contributed by atoms with Gasteiger partial charge in [-0.2, -0.15) is 9.82 Å². The van der Waals surface area contributed by atoms with Gasteiger partial charge in [0, 0.05) is 6.20 Å². The molecule has 0 saturated carbocycles. The van der Waals surface area contributed by atoms with Gasteiger partial charge in [0.1, 0.15) is 17.5 Å². The largest absolute Gasteiger partial charge is 0.480 e. The van der Waals surface area contributed by atoms with Crippen LogP contribution in [-0.2, 0) is 27.8 Å². The normalized spacial score (nSPS) is 13.1. The third kappa shape index (κ3) is 4.83. The standard InChI is InChI=1S/C14H15F2N3O4S/c15-13(16)9-19-8-11(7-17-19)24(22,23)18-12(14(20)21)6-10-4-2-1-3-5-10/h1-5,7-8,12-13,18H,6,9H2,(H,20,21)/t12-/m1/s1. The number of carboxylic acids is 1. The van der Waals surface area contributed by atoms with E-state index >= 15 is 0 Å². The number of aliphatic carboxylic acids is 1. The van der Waals surface area contributed by atoms with Crippen molar-refractivity contribution in [3.05, 3.63) is 48.3 Å². The SMILES string of the molecule is O=C(O)[C@@H](Cc1ccccc1)NS(=O)(=O)c1cnn(CC(F)F)c1. The maximum atomic E-state index is 12.3. The van der Waals surface area contributed by atoms with E-state index in [-0.39, 0.29) is 11.3 Å². The van der Waals surface area contributed by atoms with Crippen molar-refractivity contribution in [2.24, 2.45) is 0 Å². The van der Waals surface area contributed by atoms with Crippen LogP contribution in [0.25, 0.3) is 0 Å². The number of halogens is 2. The number of benzene rings is 1. The Kier molecular flexibility index (Phi) is 5.62. The molecule has 10 heteroatoms. The number of rotatable bonds is 8. The van der Waals surface area contributed by atoms with E-state index in [9.17, 15) is 27.1 Å². The molecule has 1 atom stereocenters. The van der Waals surface area contributed by atoms with Crippen molar-refractivity contribution in [1.29, 1.82) is 0 Å². The van der Waals surface area contributed by atoms with Crippen LogP contribution in [0.5, 0.6) is 0 Å². The maximum Gasteiger partial charge on any atom is 0.322 e. The number of nitrogens with zero attached hydrogens (tertiary/aromatic N) is 2. The molecule has 1 aromatic heterocycles. The average Bonchev–Trinajstić information content (AvgIpc) is 2.96. The molecule has 0 spiro atoms. The first-order valence-electron chi connectivity index (χ1n) is 6.87. The van der Waals surface area contributed by atoms with Crippen molar-refractivity contribution in [3.8, 4) is 0 Å². The van der Waals surface area contributed by atoms with Crippen LogP contribution in [0.3, 0.4) is 0 Å². The fraction of sp³-hybridized carbons (Fsp3) is 0.286. The van der Waals surface area contributed by atoms with Crippen molar-refractivity contribution < 1.29 is 27.1 Å². The van der Waals surface area contributed by atoms with Crippen molar-refractivity contribution in [3.63, 3.8) is 0 Å². The summed E-state index contributed by atoms with van der Waals surface area (Å²) in [5.41, 5.74) is 0.640. The van der Waals surface area contributed by atoms with Crippen LogP contribution in [0.15, 0.2) is 47.6 Å². The highest BCUT2D eigenvalue weighted by atomic mass is 32.2. The number of nitrogens with one attached hydrogen (secondary N) is 1. The zero-order valence-electron chi connectivity index (χ0n) is 12.3. The lowest BCUT2D eigenvalue weighted by atomic mass is 10.1. The van der Waals surface area contributed by atoms with E-state index in [0.717, 1.165) is 17.1 Å². The van der Waals surface area contributed by atoms with Crippen LogP contribution >= 0.6 is 0 Å². The quantitative estimate of drug-likeness (QED) is 0.736. The molecule has 2 aromatic rings. The topological polar surface area (TPSA) is 101 Å². The third-order valence-corrected chi connectivity index (χ3v) is 4.55. The van der Waals surface area contributed by atoms with Gasteiger partial charge < -0.3 is 5.11 Å². The van der Waals surface area contributed by atoms with Crippen molar-refractivity contribution >= 4 is 16.0 Å². The van der Waals surface area contributed by atoms with E-state index in [2.05, 4.69) is 9.82 Å². The van der Waals surface area contributed by atoms with Crippen LogP contribution in [0.2, 0.25) is 0 Å². The molecule has 0 aliphatic rings. The van der Waals surface area contributed by atoms with Crippen molar-refractivity contribution in [2.45, 2.75) is 30.3 Å². The highest BCUT2D eigenvalue weighted by Crippen LogP contribution is 2.11. The zero-order valence-corrected chi connectivity index (χ0v) is 13.2. The highest BCUT2D eigenvalue weighted by molar-refractivity contribution is 7.89. The predicted molar refractivity (Wildman–Crippen MR) is 80.1 cm³/mol. The van der Waals surface area contributed by atoms with E-state index in [4.69, 9.17) is 0 Å². The molecule has 0 fully saturated rings. The lowest BCUT2D eigenvalue weighted by Crippen LogP contribution is -2.42. The Labute approximate surface area is 137 Å². The Hall–Kier alpha value is -2.33. The lowest BCUT2D eigenvalue weighted by molar-refractivity contribution is -0.138. The third-order valence-electron chi connectivity index (χ3n) is 3.12. The van der Waals surface area contributed by atoms with Gasteiger partial charge >= 0.3 is 5.97 Å². The number of carbonyl (C=O) groups is 1. The second-order valence-corrected chi connectivity index (χ2v) is 6.70. The summed E-state index contributed by atoms with van der Waals surface area (Å²) >= 11 is 0. The predicted octanol–water partition coefficient (Wildman–Crippen LogP) is 1.12. The number of aromatic nitrogens is 2. The highest BCUT2D eigenvalue weighted by Gasteiger charge is 2.26. The van der Waals surface area contributed by atoms with E-state index < -0.39 is 35.0 Å². The summed E-state index contributed by atoms with van der Waals surface area (Å²) < 4.78 is 51.8. The fourth-order valence-corrected chi connectivity index (χ4v) is 3.15. The first-order chi connectivity index (χ1) is 11.3. The summed E-state index contributed by atoms with van der Waals surface area (Å²) in [7, 11) is -4.20. The summed E-state index contributed by atoms with van der Waals surface area (Å²) in [6.07, 6.45) is -0.916. The van der Waals surface area contributed by atoms with E-state index in [1.54, 1.807) is 30.3 Å². The summed E-state index contributed by atoms with van der Waals surface area (Å²) in [6.45, 7) is -0.748. The Morgan fingerprint density at radius 2 is 1.96 bits per heavy atom. The number of sulfonamides is 1. The van der Waals surface area contributed by atoms with Gasteiger partial charge in [-0.15, -0.1) is 0 Å². The Morgan fingerprint density at radius 3 is 2.54 bits per heavy atom. The van der Waals surface area contributed by atoms with Gasteiger partial charge in [0.25, 0.3) is 6.43 Å². The molecule has 0 aliphatic heterocycles. The Morgan fingerprint density at radius 1 is 1.29 bits per heavy atom. The minimum atomic E-state index is -4.20. The second-order valence-electron chi connectivity index (χ2n) is 4.99. The van der Waals surface area contributed by atoms with Crippen LogP contribution in [-0.4, -0.2) is 41.7 Å². The summed E-state index contributed by atoms with van der Waals surface area (Å²) in [5, 5.41) is 12.8. The molecule has 24 heavy (non-hydrogen) atoms. The molecule has 2 N–H and O–H groups in total. The van der Waals surface area contributed by atoms with Crippen molar-refractivity contribution in [1.82, 2.24) is 14.5 Å². The molecule has 0 aliphatic carbocycles. The number of hydrogen-bond acceptors (Lipinski definition) is 4. The molecule has 0 unspecified atom stereocenters. The van der Waals surface area contributed by atoms with Crippen LogP contribution in [0.4, 0.5) is 8.78 Å². The molecule has 1 heterocycles. The molecule has 2 rings (SSSR count). The average molecular weight is 359 g/mol. The molecule has 1 aromatic carbocycles. The first-order valence-corrected chi connectivity index (χ1v) is 8.36. The molecule has 0 saturated heterocycles. The Bertz CT molecular complexity index is 793. The lowest BCUT2D eigenvalue weighted by Gasteiger charge is -2.14. The van der Waals surface area contributed by atoms with Crippen LogP contribution in [0, 0.1) is 0 Å². The van der Waals surface area contributed by atoms with E-state index in [0.29, 0.717) is 5.56 Å². The number of hydrogen-bond donors (Lipinski definition) is 2. The van der Waals surface area contributed by atoms with Crippen LogP contribution in [0.1, 0.15) is 5.56 Å². The van der Waals surface area contributed by atoms with E-state index in [1.807, 2.05) is 0 Å². The minimum absolute atomic E-state index is 0.0550. The van der Waals surface area contributed by atoms with Gasteiger partial charge in [0.2, 0.25) is 10.0 Å². The minimum Gasteiger partial charge on any atom is -0.480 e. The Balaban J connectivity index is 2.15. The molecule has 0 amide bonds. The summed E-state index contributed by atoms with van der Waals surface area (Å²) in [5.74, 6) is -1.34. The monoisotopic (exact) mass is 359 g/mol. The van der Waals surface area contributed by atoms with Gasteiger partial charge in [0.05, 0.1) is 6.20 Å². The van der Waals surface area contributed by atoms with Gasteiger partial charge in [-0.1, -0.05) is 30.3 Å². The number of alkyl halides is 2. The zero-order chi connectivity index (χ0) is 17.7. The molecule has 0 radical (unpaired) electrons. The molecule has 7 nitrogen and oxygen atoms in total. The smallest absolute Gasteiger partial charge is 0.322 e. The van der Waals surface area contributed by atoms with Gasteiger partial charge in [-0.25, -0.2) is 17.2 Å². The second kappa shape index (κ2) is 7.49. The molecule has 130 valence electrons. The fourth-order valence-electron chi connectivity index (χ4n) is 2.01. The van der Waals surface area contributed by atoms with Crippen LogP contribution < -0.4 is 4.72 Å². The van der Waals surface area contributed by atoms with Gasteiger partial charge in [-0.3, -0.25) is 9.48 Å². The summed E-state index contributed by atoms with van der Waals surface area (Å²) in [6, 6.07) is 7.11. The van der Waals surface area contributed by atoms with E-state index in [1.165, 1.54) is 0 Å². The van der Waals surface area contributed by atoms with Crippen molar-refractivity contribution in [2.75, 3.05) is 0 Å². The van der Waals surface area contributed by atoms with Gasteiger partial charge in [0.15, 0.2) is 0 Å². The molecular weight excluding hydrogens is 344 g/mol. The molecule has 0 bridgehead atoms. The maximum absolute atomic E-state index is 12.3.